The smallest absolute Gasteiger partial charge is 0.225 e. The van der Waals surface area contributed by atoms with Gasteiger partial charge in [0.1, 0.15) is 11.6 Å². The summed E-state index contributed by atoms with van der Waals surface area (Å²) in [6.07, 6.45) is 1.00. The molecule has 1 aromatic heterocycles. The van der Waals surface area contributed by atoms with Gasteiger partial charge in [-0.25, -0.2) is 4.98 Å². The first-order chi connectivity index (χ1) is 8.15. The third kappa shape index (κ3) is 1.83. The lowest BCUT2D eigenvalue weighted by Crippen LogP contribution is -2.03. The zero-order chi connectivity index (χ0) is 12.0. The van der Waals surface area contributed by atoms with Crippen LogP contribution in [0.4, 0.5) is 5.69 Å². The van der Waals surface area contributed by atoms with Crippen LogP contribution in [-0.2, 0) is 4.74 Å². The Morgan fingerprint density at radius 2 is 2.29 bits per heavy atom. The number of oxazole rings is 1. The number of hydrogen-bond donors (Lipinski definition) is 1. The quantitative estimate of drug-likeness (QED) is 0.821. The molecule has 1 aliphatic rings. The van der Waals surface area contributed by atoms with Crippen molar-refractivity contribution in [3.05, 3.63) is 22.5 Å². The molecule has 0 bridgehead atoms. The van der Waals surface area contributed by atoms with Gasteiger partial charge in [-0.05, 0) is 24.5 Å². The number of nitrogen functional groups attached to an aromatic ring is 1. The SMILES string of the molecule is CC1CCOC1c1nc2cc(Br)cc(N)c2o1. The average molecular weight is 297 g/mol. The van der Waals surface area contributed by atoms with E-state index >= 15 is 0 Å². The fourth-order valence-electron chi connectivity index (χ4n) is 2.17. The summed E-state index contributed by atoms with van der Waals surface area (Å²) in [6, 6.07) is 3.72. The molecular weight excluding hydrogens is 284 g/mol. The molecule has 5 heteroatoms. The first kappa shape index (κ1) is 11.0. The van der Waals surface area contributed by atoms with Gasteiger partial charge in [-0.2, -0.15) is 0 Å². The van der Waals surface area contributed by atoms with Gasteiger partial charge in [0.2, 0.25) is 5.89 Å². The zero-order valence-corrected chi connectivity index (χ0v) is 11.0. The van der Waals surface area contributed by atoms with Gasteiger partial charge in [0.15, 0.2) is 5.58 Å². The van der Waals surface area contributed by atoms with E-state index in [0.717, 1.165) is 23.0 Å². The Labute approximate surface area is 107 Å². The predicted molar refractivity (Wildman–Crippen MR) is 68.6 cm³/mol. The van der Waals surface area contributed by atoms with Crippen LogP contribution in [0.1, 0.15) is 25.3 Å². The van der Waals surface area contributed by atoms with Crippen molar-refractivity contribution in [3.8, 4) is 0 Å². The lowest BCUT2D eigenvalue weighted by Gasteiger charge is -2.08. The Balaban J connectivity index is 2.10. The monoisotopic (exact) mass is 296 g/mol. The number of benzene rings is 1. The maximum atomic E-state index is 5.90. The molecule has 0 spiro atoms. The molecule has 0 amide bonds. The fourth-order valence-corrected chi connectivity index (χ4v) is 2.64. The first-order valence-electron chi connectivity index (χ1n) is 5.62. The van der Waals surface area contributed by atoms with Gasteiger partial charge in [0.05, 0.1) is 5.69 Å². The molecule has 0 aliphatic carbocycles. The maximum absolute atomic E-state index is 5.90. The van der Waals surface area contributed by atoms with E-state index < -0.39 is 0 Å². The van der Waals surface area contributed by atoms with E-state index in [1.807, 2.05) is 12.1 Å². The summed E-state index contributed by atoms with van der Waals surface area (Å²) in [5.41, 5.74) is 7.91. The molecule has 3 rings (SSSR count). The second-order valence-corrected chi connectivity index (χ2v) is 5.37. The molecule has 2 aromatic rings. The number of nitrogens with two attached hydrogens (primary N) is 1. The van der Waals surface area contributed by atoms with Crippen molar-refractivity contribution in [1.29, 1.82) is 0 Å². The lowest BCUT2D eigenvalue weighted by molar-refractivity contribution is 0.0730. The van der Waals surface area contributed by atoms with Crippen molar-refractivity contribution >= 4 is 32.7 Å². The van der Waals surface area contributed by atoms with Crippen LogP contribution in [0.3, 0.4) is 0 Å². The van der Waals surface area contributed by atoms with Gasteiger partial charge < -0.3 is 14.9 Å². The van der Waals surface area contributed by atoms with Crippen molar-refractivity contribution in [3.63, 3.8) is 0 Å². The van der Waals surface area contributed by atoms with Crippen LogP contribution in [0.2, 0.25) is 0 Å². The third-order valence-electron chi connectivity index (χ3n) is 3.13. The van der Waals surface area contributed by atoms with Crippen LogP contribution in [0.5, 0.6) is 0 Å². The Morgan fingerprint density at radius 3 is 3.00 bits per heavy atom. The number of hydrogen-bond acceptors (Lipinski definition) is 4. The number of aromatic nitrogens is 1. The summed E-state index contributed by atoms with van der Waals surface area (Å²) >= 11 is 3.39. The van der Waals surface area contributed by atoms with Crippen molar-refractivity contribution < 1.29 is 9.15 Å². The molecule has 2 atom stereocenters. The standard InChI is InChI=1S/C12H13BrN2O2/c1-6-2-3-16-10(6)12-15-9-5-7(13)4-8(14)11(9)17-12/h4-6,10H,2-3,14H2,1H3. The molecule has 90 valence electrons. The Bertz CT molecular complexity index is 567. The van der Waals surface area contributed by atoms with Gasteiger partial charge in [-0.15, -0.1) is 0 Å². The van der Waals surface area contributed by atoms with E-state index in [1.165, 1.54) is 0 Å². The number of fused-ring (bicyclic) bond motifs is 1. The molecular formula is C12H13BrN2O2. The highest BCUT2D eigenvalue weighted by Gasteiger charge is 2.30. The molecule has 1 aromatic carbocycles. The largest absolute Gasteiger partial charge is 0.436 e. The minimum atomic E-state index is -0.0411. The second kappa shape index (κ2) is 3.99. The topological polar surface area (TPSA) is 61.3 Å². The van der Waals surface area contributed by atoms with E-state index in [4.69, 9.17) is 14.9 Å². The molecule has 2 heterocycles. The highest BCUT2D eigenvalue weighted by Crippen LogP contribution is 2.36. The van der Waals surface area contributed by atoms with E-state index in [9.17, 15) is 0 Å². The van der Waals surface area contributed by atoms with Crippen molar-refractivity contribution in [1.82, 2.24) is 4.98 Å². The van der Waals surface area contributed by atoms with Gasteiger partial charge in [0, 0.05) is 11.1 Å². The maximum Gasteiger partial charge on any atom is 0.225 e. The first-order valence-corrected chi connectivity index (χ1v) is 6.41. The number of halogens is 1. The van der Waals surface area contributed by atoms with E-state index in [-0.39, 0.29) is 6.10 Å². The third-order valence-corrected chi connectivity index (χ3v) is 3.59. The average Bonchev–Trinajstić information content (AvgIpc) is 2.83. The zero-order valence-electron chi connectivity index (χ0n) is 9.44. The lowest BCUT2D eigenvalue weighted by atomic mass is 10.0. The van der Waals surface area contributed by atoms with Crippen LogP contribution in [0, 0.1) is 5.92 Å². The molecule has 2 N–H and O–H groups in total. The van der Waals surface area contributed by atoms with Crippen molar-refractivity contribution in [2.24, 2.45) is 5.92 Å². The van der Waals surface area contributed by atoms with Crippen LogP contribution in [0.25, 0.3) is 11.1 Å². The normalized spacial score (nSPS) is 24.6. The number of rotatable bonds is 1. The van der Waals surface area contributed by atoms with Crippen LogP contribution < -0.4 is 5.73 Å². The minimum absolute atomic E-state index is 0.0411. The van der Waals surface area contributed by atoms with Crippen LogP contribution >= 0.6 is 15.9 Å². The second-order valence-electron chi connectivity index (χ2n) is 4.45. The van der Waals surface area contributed by atoms with Crippen molar-refractivity contribution in [2.45, 2.75) is 19.4 Å². The van der Waals surface area contributed by atoms with Gasteiger partial charge in [-0.3, -0.25) is 0 Å². The van der Waals surface area contributed by atoms with Crippen molar-refractivity contribution in [2.75, 3.05) is 12.3 Å². The van der Waals surface area contributed by atoms with Gasteiger partial charge >= 0.3 is 0 Å². The Hall–Kier alpha value is -1.07. The summed E-state index contributed by atoms with van der Waals surface area (Å²) < 4.78 is 12.3. The highest BCUT2D eigenvalue weighted by molar-refractivity contribution is 9.10. The summed E-state index contributed by atoms with van der Waals surface area (Å²) in [5.74, 6) is 1.07. The molecule has 2 unspecified atom stereocenters. The predicted octanol–water partition coefficient (Wildman–Crippen LogP) is 3.27. The molecule has 1 fully saturated rings. The summed E-state index contributed by atoms with van der Waals surface area (Å²) in [7, 11) is 0. The molecule has 17 heavy (non-hydrogen) atoms. The molecule has 1 aliphatic heterocycles. The molecule has 4 nitrogen and oxygen atoms in total. The molecule has 1 saturated heterocycles. The number of ether oxygens (including phenoxy) is 1. The Morgan fingerprint density at radius 1 is 1.47 bits per heavy atom. The number of anilines is 1. The Kier molecular flexibility index (Phi) is 2.60. The summed E-state index contributed by atoms with van der Waals surface area (Å²) in [4.78, 5) is 4.47. The summed E-state index contributed by atoms with van der Waals surface area (Å²) in [5, 5.41) is 0. The van der Waals surface area contributed by atoms with Crippen LogP contribution in [0.15, 0.2) is 21.0 Å². The minimum Gasteiger partial charge on any atom is -0.436 e. The summed E-state index contributed by atoms with van der Waals surface area (Å²) in [6.45, 7) is 2.91. The van der Waals surface area contributed by atoms with Gasteiger partial charge in [-0.1, -0.05) is 22.9 Å². The fraction of sp³-hybridized carbons (Fsp3) is 0.417. The van der Waals surface area contributed by atoms with E-state index in [1.54, 1.807) is 0 Å². The number of nitrogens with zero attached hydrogens (tertiary/aromatic N) is 1. The highest BCUT2D eigenvalue weighted by atomic mass is 79.9. The van der Waals surface area contributed by atoms with E-state index in [0.29, 0.717) is 23.1 Å². The van der Waals surface area contributed by atoms with Crippen LogP contribution in [-0.4, -0.2) is 11.6 Å². The van der Waals surface area contributed by atoms with Gasteiger partial charge in [0.25, 0.3) is 0 Å². The molecule has 0 radical (unpaired) electrons. The molecule has 0 saturated carbocycles. The van der Waals surface area contributed by atoms with E-state index in [2.05, 4.69) is 27.8 Å².